The number of hydrogen-bond acceptors (Lipinski definition) is 4. The van der Waals surface area contributed by atoms with Crippen LogP contribution in [-0.4, -0.2) is 10.9 Å². The van der Waals surface area contributed by atoms with Crippen molar-refractivity contribution in [3.63, 3.8) is 0 Å². The predicted molar refractivity (Wildman–Crippen MR) is 72.1 cm³/mol. The van der Waals surface area contributed by atoms with Crippen LogP contribution < -0.4 is 10.0 Å². The number of carbonyl (C=O) groups excluding carboxylic acids is 1. The van der Waals surface area contributed by atoms with Crippen molar-refractivity contribution >= 4 is 22.7 Å². The van der Waals surface area contributed by atoms with Crippen LogP contribution in [0.1, 0.15) is 16.4 Å². The highest BCUT2D eigenvalue weighted by molar-refractivity contribution is 6.02. The first kappa shape index (κ1) is 12.2. The number of carbonyl (C=O) groups is 1. The third-order valence-corrected chi connectivity index (χ3v) is 2.81. The summed E-state index contributed by atoms with van der Waals surface area (Å²) in [6.07, 6.45) is 1.28. The molecular weight excluding hydrogens is 258 g/mol. The monoisotopic (exact) mass is 269 g/mol. The van der Waals surface area contributed by atoms with Gasteiger partial charge in [-0.3, -0.25) is 4.79 Å². The van der Waals surface area contributed by atoms with Gasteiger partial charge in [0, 0.05) is 30.8 Å². The third-order valence-electron chi connectivity index (χ3n) is 2.81. The largest absolute Gasteiger partial charge is 0.618 e. The van der Waals surface area contributed by atoms with Crippen LogP contribution >= 0.6 is 0 Å². The van der Waals surface area contributed by atoms with Crippen LogP contribution in [0.25, 0.3) is 11.1 Å². The number of hydrogen-bond donors (Lipinski definition) is 1. The highest BCUT2D eigenvalue weighted by atomic mass is 16.5. The van der Waals surface area contributed by atoms with Crippen molar-refractivity contribution < 1.29 is 13.9 Å². The average Bonchev–Trinajstić information content (AvgIpc) is 2.78. The lowest BCUT2D eigenvalue weighted by Gasteiger charge is -2.05. The van der Waals surface area contributed by atoms with Gasteiger partial charge in [-0.15, -0.1) is 0 Å². The molecule has 2 aromatic heterocycles. The number of fused-ring (bicyclic) bond motifs is 1. The number of nitrogens with zero attached hydrogens (tertiary/aromatic N) is 2. The molecule has 2 heterocycles. The second kappa shape index (κ2) is 4.65. The van der Waals surface area contributed by atoms with Crippen LogP contribution in [-0.2, 0) is 0 Å². The normalized spacial score (nSPS) is 10.7. The van der Waals surface area contributed by atoms with Crippen molar-refractivity contribution in [3.8, 4) is 0 Å². The zero-order valence-electron chi connectivity index (χ0n) is 10.7. The van der Waals surface area contributed by atoms with Gasteiger partial charge in [0.1, 0.15) is 5.52 Å². The van der Waals surface area contributed by atoms with Crippen molar-refractivity contribution in [2.24, 2.45) is 0 Å². The van der Waals surface area contributed by atoms with Crippen LogP contribution in [0.5, 0.6) is 0 Å². The first-order chi connectivity index (χ1) is 9.63. The molecule has 6 heteroatoms. The van der Waals surface area contributed by atoms with E-state index in [2.05, 4.69) is 10.3 Å². The number of pyridine rings is 1. The minimum Gasteiger partial charge on any atom is -0.618 e. The quantitative estimate of drug-likeness (QED) is 0.570. The van der Waals surface area contributed by atoms with E-state index in [4.69, 9.17) is 4.42 Å². The Bertz CT molecular complexity index is 795. The number of oxazole rings is 1. The van der Waals surface area contributed by atoms with E-state index in [1.54, 1.807) is 37.3 Å². The Kier molecular flexibility index (Phi) is 2.83. The summed E-state index contributed by atoms with van der Waals surface area (Å²) in [4.78, 5) is 16.2. The maximum atomic E-state index is 12.0. The van der Waals surface area contributed by atoms with E-state index in [1.165, 1.54) is 12.3 Å². The van der Waals surface area contributed by atoms with E-state index >= 15 is 0 Å². The van der Waals surface area contributed by atoms with Gasteiger partial charge < -0.3 is 14.9 Å². The van der Waals surface area contributed by atoms with Gasteiger partial charge in [-0.2, -0.15) is 4.73 Å². The average molecular weight is 269 g/mol. The van der Waals surface area contributed by atoms with Crippen molar-refractivity contribution in [2.45, 2.75) is 6.92 Å². The fourth-order valence-corrected chi connectivity index (χ4v) is 1.92. The van der Waals surface area contributed by atoms with Crippen LogP contribution in [0.15, 0.2) is 47.0 Å². The van der Waals surface area contributed by atoms with Crippen LogP contribution in [0, 0.1) is 12.1 Å². The number of nitrogens with one attached hydrogen (secondary N) is 1. The molecular formula is C14H11N3O3. The SMILES string of the molecule is Cc1nc2ccc(NC(=O)c3cccc[n+]3[O-])cc2o1. The molecule has 0 bridgehead atoms. The molecule has 100 valence electrons. The molecule has 1 amide bonds. The summed E-state index contributed by atoms with van der Waals surface area (Å²) in [6, 6.07) is 9.78. The predicted octanol–water partition coefficient (Wildman–Crippen LogP) is 2.02. The van der Waals surface area contributed by atoms with Gasteiger partial charge in [0.2, 0.25) is 0 Å². The summed E-state index contributed by atoms with van der Waals surface area (Å²) in [7, 11) is 0. The summed E-state index contributed by atoms with van der Waals surface area (Å²) in [5.41, 5.74) is 1.88. The minimum atomic E-state index is -0.476. The Labute approximate surface area is 114 Å². The van der Waals surface area contributed by atoms with Crippen molar-refractivity contribution in [3.05, 3.63) is 59.4 Å². The Hall–Kier alpha value is -2.89. The fraction of sp³-hybridized carbons (Fsp3) is 0.0714. The van der Waals surface area contributed by atoms with Gasteiger partial charge in [-0.25, -0.2) is 4.98 Å². The number of aryl methyl sites for hydroxylation is 1. The van der Waals surface area contributed by atoms with E-state index in [-0.39, 0.29) is 5.69 Å². The van der Waals surface area contributed by atoms with E-state index in [9.17, 15) is 10.0 Å². The van der Waals surface area contributed by atoms with Gasteiger partial charge in [0.15, 0.2) is 17.7 Å². The summed E-state index contributed by atoms with van der Waals surface area (Å²) in [5.74, 6) is 0.0834. The van der Waals surface area contributed by atoms with Gasteiger partial charge >= 0.3 is 5.91 Å². The number of aromatic nitrogens is 2. The van der Waals surface area contributed by atoms with Crippen LogP contribution in [0.2, 0.25) is 0 Å². The molecule has 0 aliphatic carbocycles. The molecule has 0 saturated carbocycles. The summed E-state index contributed by atoms with van der Waals surface area (Å²) < 4.78 is 5.91. The molecule has 1 N–H and O–H groups in total. The second-order valence-corrected chi connectivity index (χ2v) is 4.28. The topological polar surface area (TPSA) is 82.1 Å². The Morgan fingerprint density at radius 2 is 2.20 bits per heavy atom. The van der Waals surface area contributed by atoms with Crippen molar-refractivity contribution in [2.75, 3.05) is 5.32 Å². The lowest BCUT2D eigenvalue weighted by atomic mass is 10.2. The Balaban J connectivity index is 1.89. The fourth-order valence-electron chi connectivity index (χ4n) is 1.92. The molecule has 1 aromatic carbocycles. The van der Waals surface area contributed by atoms with Gasteiger partial charge in [0.05, 0.1) is 0 Å². The highest BCUT2D eigenvalue weighted by Gasteiger charge is 2.15. The number of benzene rings is 1. The molecule has 6 nitrogen and oxygen atoms in total. The number of rotatable bonds is 2. The first-order valence-electron chi connectivity index (χ1n) is 6.00. The summed E-state index contributed by atoms with van der Waals surface area (Å²) in [5, 5.41) is 14.1. The zero-order valence-corrected chi connectivity index (χ0v) is 10.7. The second-order valence-electron chi connectivity index (χ2n) is 4.28. The third kappa shape index (κ3) is 2.18. The van der Waals surface area contributed by atoms with Crippen molar-refractivity contribution in [1.29, 1.82) is 0 Å². The minimum absolute atomic E-state index is 0.0290. The molecule has 0 unspecified atom stereocenters. The lowest BCUT2D eigenvalue weighted by Crippen LogP contribution is -2.36. The molecule has 0 atom stereocenters. The van der Waals surface area contributed by atoms with E-state index in [0.29, 0.717) is 21.9 Å². The number of anilines is 1. The van der Waals surface area contributed by atoms with Crippen LogP contribution in [0.3, 0.4) is 0 Å². The molecule has 3 rings (SSSR count). The molecule has 0 spiro atoms. The molecule has 0 aliphatic heterocycles. The highest BCUT2D eigenvalue weighted by Crippen LogP contribution is 2.20. The van der Waals surface area contributed by atoms with Crippen LogP contribution in [0.4, 0.5) is 5.69 Å². The lowest BCUT2D eigenvalue weighted by molar-refractivity contribution is -0.607. The molecule has 0 saturated heterocycles. The van der Waals surface area contributed by atoms with Gasteiger partial charge in [0.25, 0.3) is 5.69 Å². The van der Waals surface area contributed by atoms with E-state index in [0.717, 1.165) is 5.52 Å². The standard InChI is InChI=1S/C14H11N3O3/c1-9-15-11-6-5-10(8-13(11)20-9)16-14(18)12-4-2-3-7-17(12)19/h2-8H,1H3,(H,16,18). The smallest absolute Gasteiger partial charge is 0.321 e. The molecule has 0 radical (unpaired) electrons. The zero-order chi connectivity index (χ0) is 14.1. The molecule has 3 aromatic rings. The Morgan fingerprint density at radius 1 is 1.35 bits per heavy atom. The maximum Gasteiger partial charge on any atom is 0.321 e. The Morgan fingerprint density at radius 3 is 3.00 bits per heavy atom. The molecule has 0 fully saturated rings. The molecule has 20 heavy (non-hydrogen) atoms. The molecule has 0 aliphatic rings. The maximum absolute atomic E-state index is 12.0. The van der Waals surface area contributed by atoms with E-state index < -0.39 is 5.91 Å². The number of amides is 1. The first-order valence-corrected chi connectivity index (χ1v) is 6.00. The van der Waals surface area contributed by atoms with Gasteiger partial charge in [-0.05, 0) is 18.2 Å². The van der Waals surface area contributed by atoms with E-state index in [1.807, 2.05) is 0 Å². The van der Waals surface area contributed by atoms with Gasteiger partial charge in [-0.1, -0.05) is 0 Å². The van der Waals surface area contributed by atoms with Crippen molar-refractivity contribution in [1.82, 2.24) is 4.98 Å². The summed E-state index contributed by atoms with van der Waals surface area (Å²) in [6.45, 7) is 1.75. The summed E-state index contributed by atoms with van der Waals surface area (Å²) >= 11 is 0.